The minimum atomic E-state index is -4.62. The second-order valence-electron chi connectivity index (χ2n) is 15.4. The predicted octanol–water partition coefficient (Wildman–Crippen LogP) is 5.70. The second kappa shape index (κ2) is 20.5. The molecule has 22 heteroatoms. The lowest BCUT2D eigenvalue weighted by atomic mass is 9.76. The van der Waals surface area contributed by atoms with Crippen LogP contribution in [0.4, 0.5) is 11.4 Å². The van der Waals surface area contributed by atoms with Crippen molar-refractivity contribution in [3.05, 3.63) is 101 Å². The van der Waals surface area contributed by atoms with Gasteiger partial charge in [0.1, 0.15) is 6.54 Å². The molecule has 0 radical (unpaired) electrons. The van der Waals surface area contributed by atoms with E-state index < -0.39 is 68.7 Å². The Balaban J connectivity index is 1.73. The summed E-state index contributed by atoms with van der Waals surface area (Å²) in [6, 6.07) is 8.31. The van der Waals surface area contributed by atoms with E-state index in [0.29, 0.717) is 66.3 Å². The topological polar surface area (TPSA) is 279 Å². The van der Waals surface area contributed by atoms with Gasteiger partial charge >= 0.3 is 0 Å². The average Bonchev–Trinajstić information content (AvgIpc) is 3.54. The molecule has 2 heterocycles. The maximum Gasteiger partial charge on any atom is 0.294 e. The SMILES string of the molecule is COCCN1/C(=C/C=C/C=C/C=C/C2=[N+](CCCCCC(=O)N=O)c3ccc(S(=O)(=O)O)cc3C2(C)CCCS(=O)(=O)O)C(C)(CCCS(=O)(=O)O)c2cc(S(=O)(=O)O)ccc21. The Bertz CT molecular complexity index is 2640. The number of carbonyl (C=O) groups excluding carboxylic acids is 1. The van der Waals surface area contributed by atoms with Gasteiger partial charge in [-0.05, 0) is 94.3 Å². The molecule has 340 valence electrons. The van der Waals surface area contributed by atoms with Gasteiger partial charge in [0.05, 0.1) is 33.3 Å². The van der Waals surface area contributed by atoms with Gasteiger partial charge in [0.15, 0.2) is 5.71 Å². The molecule has 0 saturated carbocycles. The third-order valence-corrected chi connectivity index (χ3v) is 14.3. The third kappa shape index (κ3) is 12.9. The fourth-order valence-electron chi connectivity index (χ4n) is 8.05. The van der Waals surface area contributed by atoms with E-state index >= 15 is 0 Å². The van der Waals surface area contributed by atoms with Crippen molar-refractivity contribution in [1.29, 1.82) is 0 Å². The van der Waals surface area contributed by atoms with Crippen molar-refractivity contribution in [2.45, 2.75) is 85.8 Å². The molecule has 62 heavy (non-hydrogen) atoms. The van der Waals surface area contributed by atoms with E-state index in [1.807, 2.05) is 16.4 Å². The van der Waals surface area contributed by atoms with Crippen molar-refractivity contribution in [2.75, 3.05) is 43.2 Å². The van der Waals surface area contributed by atoms with Crippen LogP contribution in [0.3, 0.4) is 0 Å². The highest BCUT2D eigenvalue weighted by molar-refractivity contribution is 7.86. The Hall–Kier alpha value is -4.26. The zero-order chi connectivity index (χ0) is 46.1. The smallest absolute Gasteiger partial charge is 0.294 e. The Kier molecular flexibility index (Phi) is 16.7. The van der Waals surface area contributed by atoms with Crippen molar-refractivity contribution in [2.24, 2.45) is 5.18 Å². The van der Waals surface area contributed by atoms with Gasteiger partial charge in [0, 0.05) is 66.2 Å². The maximum absolute atomic E-state index is 12.2. The Morgan fingerprint density at radius 3 is 1.89 bits per heavy atom. The number of fused-ring (bicyclic) bond motifs is 2. The highest BCUT2D eigenvalue weighted by Gasteiger charge is 2.48. The highest BCUT2D eigenvalue weighted by Crippen LogP contribution is 2.51. The quantitative estimate of drug-likeness (QED) is 0.0342. The minimum absolute atomic E-state index is 0.00122. The van der Waals surface area contributed by atoms with Gasteiger partial charge in [-0.3, -0.25) is 23.0 Å². The van der Waals surface area contributed by atoms with Gasteiger partial charge in [-0.1, -0.05) is 30.4 Å². The van der Waals surface area contributed by atoms with Gasteiger partial charge < -0.3 is 9.64 Å². The van der Waals surface area contributed by atoms with E-state index in [0.717, 1.165) is 0 Å². The summed E-state index contributed by atoms with van der Waals surface area (Å²) >= 11 is 0. The summed E-state index contributed by atoms with van der Waals surface area (Å²) < 4.78 is 141. The Morgan fingerprint density at radius 1 is 0.742 bits per heavy atom. The number of hydrogen-bond donors (Lipinski definition) is 4. The first-order chi connectivity index (χ1) is 28.9. The van der Waals surface area contributed by atoms with Crippen LogP contribution in [0.5, 0.6) is 0 Å². The zero-order valence-electron chi connectivity index (χ0n) is 34.5. The number of methoxy groups -OCH3 is 1. The maximum atomic E-state index is 12.2. The lowest BCUT2D eigenvalue weighted by molar-refractivity contribution is -0.438. The van der Waals surface area contributed by atoms with Crippen LogP contribution in [0.1, 0.15) is 76.3 Å². The second-order valence-corrected chi connectivity index (χ2v) is 21.4. The number of carbonyl (C=O) groups is 1. The van der Waals surface area contributed by atoms with Gasteiger partial charge in [-0.2, -0.15) is 38.2 Å². The van der Waals surface area contributed by atoms with Crippen LogP contribution in [-0.2, 0) is 60.8 Å². The van der Waals surface area contributed by atoms with E-state index in [9.17, 15) is 61.6 Å². The summed E-state index contributed by atoms with van der Waals surface area (Å²) in [5.41, 5.74) is 1.57. The fraction of sp³-hybridized carbons (Fsp3) is 0.450. The molecule has 1 amide bonds. The number of hydrogen-bond acceptors (Lipinski definition) is 12. The number of nitrogens with zero attached hydrogens (tertiary/aromatic N) is 3. The Morgan fingerprint density at radius 2 is 1.31 bits per heavy atom. The van der Waals surface area contributed by atoms with Gasteiger partial charge in [0.25, 0.3) is 46.4 Å². The van der Waals surface area contributed by atoms with Crippen molar-refractivity contribution in [3.8, 4) is 0 Å². The predicted molar refractivity (Wildman–Crippen MR) is 232 cm³/mol. The number of allylic oxidation sites excluding steroid dienone is 8. The molecule has 0 spiro atoms. The van der Waals surface area contributed by atoms with Crippen LogP contribution in [-0.4, -0.2) is 106 Å². The first-order valence-electron chi connectivity index (χ1n) is 19.5. The van der Waals surface area contributed by atoms with Gasteiger partial charge in [-0.25, -0.2) is 0 Å². The summed E-state index contributed by atoms with van der Waals surface area (Å²) in [5, 5.41) is 2.42. The van der Waals surface area contributed by atoms with E-state index in [1.54, 1.807) is 61.6 Å². The minimum Gasteiger partial charge on any atom is -0.383 e. The number of anilines is 1. The molecule has 2 unspecified atom stereocenters. The standard InChI is InChI=1S/C40H51N3O15S4/c1-39(21-12-26-59(46,47)48)32-28-30(61(52,53)54)17-19-34(32)42(23-11-7-10-16-38(44)41-45)36(39)14-8-5-4-6-9-15-37-40(2,22-13-27-60(49,50)51)33-29-31(62(55,56)57)18-20-35(33)43(37)24-25-58-3/h4-6,8-9,14-15,17-20,28-29H,7,10-13,16,21-27H2,1-3H3,(H3-,46,47,48,49,50,51,52,53,54,55,56,57)/p+1. The van der Waals surface area contributed by atoms with Crippen LogP contribution >= 0.6 is 0 Å². The molecule has 18 nitrogen and oxygen atoms in total. The molecule has 0 aromatic heterocycles. The van der Waals surface area contributed by atoms with Crippen LogP contribution in [0, 0.1) is 4.91 Å². The number of unbranched alkanes of at least 4 members (excludes halogenated alkanes) is 2. The number of amides is 1. The first kappa shape index (κ1) is 50.4. The van der Waals surface area contributed by atoms with E-state index in [4.69, 9.17) is 4.74 Å². The molecular formula is C40H52N3O15S4+. The molecule has 2 aromatic carbocycles. The van der Waals surface area contributed by atoms with Crippen molar-refractivity contribution in [1.82, 2.24) is 0 Å². The number of rotatable bonds is 23. The van der Waals surface area contributed by atoms with Crippen LogP contribution in [0.15, 0.2) is 99.6 Å². The van der Waals surface area contributed by atoms with E-state index in [-0.39, 0.29) is 48.5 Å². The van der Waals surface area contributed by atoms with Crippen LogP contribution in [0.2, 0.25) is 0 Å². The summed E-state index contributed by atoms with van der Waals surface area (Å²) in [5.74, 6) is -1.85. The lowest BCUT2D eigenvalue weighted by Crippen LogP contribution is -2.32. The normalized spacial score (nSPS) is 20.3. The van der Waals surface area contributed by atoms with Crippen LogP contribution in [0.25, 0.3) is 0 Å². The summed E-state index contributed by atoms with van der Waals surface area (Å²) in [6.45, 7) is 4.60. The molecule has 2 aromatic rings. The molecule has 2 aliphatic heterocycles. The number of ether oxygens (including phenoxy) is 1. The first-order valence-corrected chi connectivity index (χ1v) is 25.6. The van der Waals surface area contributed by atoms with Gasteiger partial charge in [-0.15, -0.1) is 4.91 Å². The summed E-state index contributed by atoms with van der Waals surface area (Å²) in [4.78, 5) is 23.2. The fourth-order valence-corrected chi connectivity index (χ4v) is 10.1. The van der Waals surface area contributed by atoms with Crippen LogP contribution < -0.4 is 4.90 Å². The number of benzene rings is 2. The molecule has 0 saturated heterocycles. The zero-order valence-corrected chi connectivity index (χ0v) is 37.7. The summed E-state index contributed by atoms with van der Waals surface area (Å²) in [6.07, 6.45) is 14.0. The highest BCUT2D eigenvalue weighted by atomic mass is 32.2. The van der Waals surface area contributed by atoms with E-state index in [2.05, 4.69) is 5.18 Å². The molecule has 0 bridgehead atoms. The molecule has 2 atom stereocenters. The Labute approximate surface area is 362 Å². The largest absolute Gasteiger partial charge is 0.383 e. The summed E-state index contributed by atoms with van der Waals surface area (Å²) in [7, 11) is -16.3. The monoisotopic (exact) mass is 942 g/mol. The van der Waals surface area contributed by atoms with Crippen molar-refractivity contribution < 1.29 is 66.0 Å². The molecule has 4 rings (SSSR count). The molecular weight excluding hydrogens is 891 g/mol. The van der Waals surface area contributed by atoms with E-state index in [1.165, 1.54) is 31.4 Å². The molecule has 0 aliphatic carbocycles. The average molecular weight is 943 g/mol. The molecule has 4 N–H and O–H groups in total. The third-order valence-electron chi connectivity index (χ3n) is 11.0. The van der Waals surface area contributed by atoms with Crippen molar-refractivity contribution in [3.63, 3.8) is 0 Å². The molecule has 0 fully saturated rings. The van der Waals surface area contributed by atoms with Crippen molar-refractivity contribution >= 4 is 63.5 Å². The lowest BCUT2D eigenvalue weighted by Gasteiger charge is -2.30. The van der Waals surface area contributed by atoms with Gasteiger partial charge in [0.2, 0.25) is 5.69 Å². The number of nitroso groups, excluding NO2 is 1. The molecule has 2 aliphatic rings.